The number of piperidine rings is 1. The van der Waals surface area contributed by atoms with E-state index in [1.165, 1.54) is 21.9 Å². The zero-order valence-corrected chi connectivity index (χ0v) is 14.1. The molecule has 2 aromatic rings. The van der Waals surface area contributed by atoms with E-state index >= 15 is 0 Å². The minimum Gasteiger partial charge on any atom is -0.353 e. The fraction of sp³-hybridized carbons (Fsp3) is 0.450. The molecule has 2 aromatic carbocycles. The molecule has 0 unspecified atom stereocenters. The van der Waals surface area contributed by atoms with Crippen molar-refractivity contribution in [3.8, 4) is 0 Å². The summed E-state index contributed by atoms with van der Waals surface area (Å²) in [4.78, 5) is 14.0. The molecule has 0 spiro atoms. The number of hydrogen-bond donors (Lipinski definition) is 1. The predicted octanol–water partition coefficient (Wildman–Crippen LogP) is 3.64. The van der Waals surface area contributed by atoms with Crippen LogP contribution in [0.2, 0.25) is 0 Å². The Balaban J connectivity index is 1.67. The molecule has 0 atom stereocenters. The molecule has 0 radical (unpaired) electrons. The third kappa shape index (κ3) is 3.73. The number of nitrogens with one attached hydrogen (secondary N) is 1. The molecular formula is C20H26N2O. The molecule has 0 aromatic heterocycles. The van der Waals surface area contributed by atoms with Crippen LogP contribution >= 0.6 is 0 Å². The molecule has 0 bridgehead atoms. The average Bonchev–Trinajstić information content (AvgIpc) is 2.59. The standard InChI is InChI=1S/C20H26N2O/c1-3-20(23)21-17-10-12-22(13-11-17)14-19-15(2)8-9-16-6-4-5-7-18(16)19/h4-9,17H,3,10-14H2,1-2H3,(H,21,23). The van der Waals surface area contributed by atoms with Crippen LogP contribution in [-0.2, 0) is 11.3 Å². The van der Waals surface area contributed by atoms with Gasteiger partial charge in [0.1, 0.15) is 0 Å². The summed E-state index contributed by atoms with van der Waals surface area (Å²) >= 11 is 0. The molecule has 3 heteroatoms. The van der Waals surface area contributed by atoms with Gasteiger partial charge >= 0.3 is 0 Å². The molecule has 122 valence electrons. The van der Waals surface area contributed by atoms with E-state index in [0.29, 0.717) is 12.5 Å². The lowest BCUT2D eigenvalue weighted by atomic mass is 9.98. The largest absolute Gasteiger partial charge is 0.353 e. The average molecular weight is 310 g/mol. The van der Waals surface area contributed by atoms with Crippen molar-refractivity contribution in [1.29, 1.82) is 0 Å². The van der Waals surface area contributed by atoms with Crippen LogP contribution in [0.4, 0.5) is 0 Å². The monoisotopic (exact) mass is 310 g/mol. The van der Waals surface area contributed by atoms with Crippen LogP contribution in [0.15, 0.2) is 36.4 Å². The molecule has 0 aliphatic carbocycles. The minimum atomic E-state index is 0.174. The highest BCUT2D eigenvalue weighted by Crippen LogP contribution is 2.24. The Bertz CT molecular complexity index is 687. The number of hydrogen-bond acceptors (Lipinski definition) is 2. The van der Waals surface area contributed by atoms with Gasteiger partial charge in [0.05, 0.1) is 0 Å². The zero-order valence-electron chi connectivity index (χ0n) is 14.1. The Labute approximate surface area is 138 Å². The number of likely N-dealkylation sites (tertiary alicyclic amines) is 1. The first-order chi connectivity index (χ1) is 11.2. The highest BCUT2D eigenvalue weighted by Gasteiger charge is 2.21. The number of nitrogens with zero attached hydrogens (tertiary/aromatic N) is 1. The Kier molecular flexibility index (Phi) is 4.97. The van der Waals surface area contributed by atoms with E-state index in [4.69, 9.17) is 0 Å². The zero-order chi connectivity index (χ0) is 16.2. The molecule has 1 fully saturated rings. The Morgan fingerprint density at radius 2 is 1.91 bits per heavy atom. The van der Waals surface area contributed by atoms with Crippen molar-refractivity contribution in [3.63, 3.8) is 0 Å². The summed E-state index contributed by atoms with van der Waals surface area (Å²) < 4.78 is 0. The van der Waals surface area contributed by atoms with E-state index in [9.17, 15) is 4.79 Å². The molecule has 1 saturated heterocycles. The first-order valence-corrected chi connectivity index (χ1v) is 8.66. The minimum absolute atomic E-state index is 0.174. The number of amides is 1. The van der Waals surface area contributed by atoms with Crippen LogP contribution in [0.5, 0.6) is 0 Å². The van der Waals surface area contributed by atoms with Crippen LogP contribution in [0.3, 0.4) is 0 Å². The predicted molar refractivity (Wildman–Crippen MR) is 95.4 cm³/mol. The van der Waals surface area contributed by atoms with Crippen molar-refractivity contribution in [2.24, 2.45) is 0 Å². The third-order valence-electron chi connectivity index (χ3n) is 4.93. The van der Waals surface area contributed by atoms with Gasteiger partial charge in [-0.05, 0) is 41.7 Å². The lowest BCUT2D eigenvalue weighted by Gasteiger charge is -2.33. The highest BCUT2D eigenvalue weighted by atomic mass is 16.1. The van der Waals surface area contributed by atoms with Crippen molar-refractivity contribution >= 4 is 16.7 Å². The Morgan fingerprint density at radius 3 is 2.65 bits per heavy atom. The number of carbonyl (C=O) groups is 1. The third-order valence-corrected chi connectivity index (χ3v) is 4.93. The van der Waals surface area contributed by atoms with E-state index in [-0.39, 0.29) is 5.91 Å². The van der Waals surface area contributed by atoms with Crippen LogP contribution < -0.4 is 5.32 Å². The first-order valence-electron chi connectivity index (χ1n) is 8.66. The Morgan fingerprint density at radius 1 is 1.17 bits per heavy atom. The van der Waals surface area contributed by atoms with Crippen molar-refractivity contribution in [1.82, 2.24) is 10.2 Å². The van der Waals surface area contributed by atoms with Gasteiger partial charge in [0.2, 0.25) is 5.91 Å². The van der Waals surface area contributed by atoms with Gasteiger partial charge in [0, 0.05) is 32.1 Å². The summed E-state index contributed by atoms with van der Waals surface area (Å²) in [6.07, 6.45) is 2.68. The van der Waals surface area contributed by atoms with Gasteiger partial charge in [-0.15, -0.1) is 0 Å². The summed E-state index contributed by atoms with van der Waals surface area (Å²) in [7, 11) is 0. The number of aryl methyl sites for hydroxylation is 1. The maximum atomic E-state index is 11.5. The smallest absolute Gasteiger partial charge is 0.219 e. The van der Waals surface area contributed by atoms with Crippen LogP contribution in [0, 0.1) is 6.92 Å². The van der Waals surface area contributed by atoms with Crippen molar-refractivity contribution < 1.29 is 4.79 Å². The summed E-state index contributed by atoms with van der Waals surface area (Å²) in [6, 6.07) is 13.4. The van der Waals surface area contributed by atoms with E-state index < -0.39 is 0 Å². The molecular weight excluding hydrogens is 284 g/mol. The van der Waals surface area contributed by atoms with Gasteiger partial charge in [-0.25, -0.2) is 0 Å². The SMILES string of the molecule is CCC(=O)NC1CCN(Cc2c(C)ccc3ccccc23)CC1. The van der Waals surface area contributed by atoms with Crippen molar-refractivity contribution in [2.45, 2.75) is 45.7 Å². The van der Waals surface area contributed by atoms with Crippen LogP contribution in [0.1, 0.15) is 37.3 Å². The molecule has 0 saturated carbocycles. The second kappa shape index (κ2) is 7.14. The van der Waals surface area contributed by atoms with Crippen LogP contribution in [0.25, 0.3) is 10.8 Å². The van der Waals surface area contributed by atoms with Gasteiger partial charge in [-0.3, -0.25) is 9.69 Å². The molecule has 3 nitrogen and oxygen atoms in total. The molecule has 1 heterocycles. The molecule has 23 heavy (non-hydrogen) atoms. The fourth-order valence-electron chi connectivity index (χ4n) is 3.44. The van der Waals surface area contributed by atoms with E-state index in [1.54, 1.807) is 0 Å². The lowest BCUT2D eigenvalue weighted by Crippen LogP contribution is -2.44. The fourth-order valence-corrected chi connectivity index (χ4v) is 3.44. The van der Waals surface area contributed by atoms with Crippen molar-refractivity contribution in [3.05, 3.63) is 47.5 Å². The van der Waals surface area contributed by atoms with Gasteiger partial charge in [0.15, 0.2) is 0 Å². The molecule has 3 rings (SSSR count). The highest BCUT2D eigenvalue weighted by molar-refractivity contribution is 5.86. The quantitative estimate of drug-likeness (QED) is 0.935. The van der Waals surface area contributed by atoms with Gasteiger partial charge in [-0.2, -0.15) is 0 Å². The summed E-state index contributed by atoms with van der Waals surface area (Å²) in [5, 5.41) is 5.82. The topological polar surface area (TPSA) is 32.3 Å². The van der Waals surface area contributed by atoms with E-state index in [2.05, 4.69) is 53.5 Å². The first kappa shape index (κ1) is 16.0. The number of fused-ring (bicyclic) bond motifs is 1. The molecule has 1 aliphatic heterocycles. The number of carbonyl (C=O) groups excluding carboxylic acids is 1. The van der Waals surface area contributed by atoms with Gasteiger partial charge in [0.25, 0.3) is 0 Å². The van der Waals surface area contributed by atoms with Gasteiger partial charge < -0.3 is 5.32 Å². The van der Waals surface area contributed by atoms with Crippen LogP contribution in [-0.4, -0.2) is 29.9 Å². The Hall–Kier alpha value is -1.87. The van der Waals surface area contributed by atoms with E-state index in [0.717, 1.165) is 32.5 Å². The second-order valence-electron chi connectivity index (χ2n) is 6.55. The normalized spacial score (nSPS) is 16.6. The number of benzene rings is 2. The van der Waals surface area contributed by atoms with E-state index in [1.807, 2.05) is 6.92 Å². The number of rotatable bonds is 4. The maximum absolute atomic E-state index is 11.5. The second-order valence-corrected chi connectivity index (χ2v) is 6.55. The summed E-state index contributed by atoms with van der Waals surface area (Å²) in [5.41, 5.74) is 2.81. The molecule has 1 aliphatic rings. The summed E-state index contributed by atoms with van der Waals surface area (Å²) in [5.74, 6) is 0.174. The molecule has 1 N–H and O–H groups in total. The molecule has 1 amide bonds. The van der Waals surface area contributed by atoms with Gasteiger partial charge in [-0.1, -0.05) is 43.3 Å². The lowest BCUT2D eigenvalue weighted by molar-refractivity contribution is -0.121. The van der Waals surface area contributed by atoms with Crippen molar-refractivity contribution in [2.75, 3.05) is 13.1 Å². The maximum Gasteiger partial charge on any atom is 0.219 e. The summed E-state index contributed by atoms with van der Waals surface area (Å²) in [6.45, 7) is 7.22.